The Labute approximate surface area is 178 Å². The molecule has 2 aromatic rings. The Kier molecular flexibility index (Phi) is 6.52. The normalized spacial score (nSPS) is 16.1. The molecular formula is C21H31N5O3S. The fourth-order valence-electron chi connectivity index (χ4n) is 3.64. The Balaban J connectivity index is 1.62. The molecule has 1 fully saturated rings. The van der Waals surface area contributed by atoms with Gasteiger partial charge in [-0.3, -0.25) is 4.79 Å². The molecule has 1 amide bonds. The second-order valence-corrected chi connectivity index (χ2v) is 10.2. The molecule has 1 aliphatic rings. The van der Waals surface area contributed by atoms with Crippen molar-refractivity contribution in [2.24, 2.45) is 5.92 Å². The maximum Gasteiger partial charge on any atom is 0.262 e. The van der Waals surface area contributed by atoms with Crippen LogP contribution in [0.3, 0.4) is 0 Å². The lowest BCUT2D eigenvalue weighted by atomic mass is 9.97. The van der Waals surface area contributed by atoms with E-state index in [1.165, 1.54) is 4.31 Å². The van der Waals surface area contributed by atoms with E-state index < -0.39 is 10.0 Å². The van der Waals surface area contributed by atoms with Crippen LogP contribution in [0.15, 0.2) is 35.7 Å². The van der Waals surface area contributed by atoms with Crippen LogP contribution >= 0.6 is 0 Å². The number of imidazole rings is 1. The maximum absolute atomic E-state index is 12.9. The van der Waals surface area contributed by atoms with E-state index in [0.29, 0.717) is 25.9 Å². The summed E-state index contributed by atoms with van der Waals surface area (Å²) in [6.45, 7) is 6.59. The lowest BCUT2D eigenvalue weighted by molar-refractivity contribution is -0.120. The van der Waals surface area contributed by atoms with E-state index >= 15 is 0 Å². The molecule has 0 radical (unpaired) electrons. The first-order valence-electron chi connectivity index (χ1n) is 10.2. The molecule has 0 unspecified atom stereocenters. The van der Waals surface area contributed by atoms with Crippen molar-refractivity contribution in [1.82, 2.24) is 13.9 Å². The van der Waals surface area contributed by atoms with Crippen molar-refractivity contribution in [3.8, 4) is 0 Å². The van der Waals surface area contributed by atoms with Gasteiger partial charge in [0.1, 0.15) is 0 Å². The SMILES string of the molecule is Cc1ccc(NC(=O)C2CCN(S(=O)(=O)c3cn(C(C)C)cn3)CC2)cc1N(C)C. The summed E-state index contributed by atoms with van der Waals surface area (Å²) in [6.07, 6.45) is 4.09. The molecule has 1 aliphatic heterocycles. The summed E-state index contributed by atoms with van der Waals surface area (Å²) in [5.74, 6) is -0.279. The Hall–Kier alpha value is -2.39. The van der Waals surface area contributed by atoms with Crippen molar-refractivity contribution >= 4 is 27.3 Å². The molecule has 1 N–H and O–H groups in total. The zero-order chi connectivity index (χ0) is 22.1. The lowest BCUT2D eigenvalue weighted by Crippen LogP contribution is -2.41. The zero-order valence-electron chi connectivity index (χ0n) is 18.3. The van der Waals surface area contributed by atoms with Crippen molar-refractivity contribution in [2.45, 2.75) is 44.7 Å². The largest absolute Gasteiger partial charge is 0.377 e. The third-order valence-electron chi connectivity index (χ3n) is 5.56. The van der Waals surface area contributed by atoms with E-state index in [1.807, 2.05) is 58.0 Å². The minimum absolute atomic E-state index is 0.0648. The summed E-state index contributed by atoms with van der Waals surface area (Å²) in [5, 5.41) is 3.05. The van der Waals surface area contributed by atoms with Crippen molar-refractivity contribution < 1.29 is 13.2 Å². The van der Waals surface area contributed by atoms with Gasteiger partial charge in [-0.2, -0.15) is 4.31 Å². The number of nitrogens with one attached hydrogen (secondary N) is 1. The smallest absolute Gasteiger partial charge is 0.262 e. The van der Waals surface area contributed by atoms with E-state index in [0.717, 1.165) is 16.9 Å². The van der Waals surface area contributed by atoms with Crippen LogP contribution in [0.4, 0.5) is 11.4 Å². The van der Waals surface area contributed by atoms with Crippen LogP contribution in [0.5, 0.6) is 0 Å². The molecule has 2 heterocycles. The van der Waals surface area contributed by atoms with Crippen molar-refractivity contribution in [1.29, 1.82) is 0 Å². The van der Waals surface area contributed by atoms with Crippen LogP contribution in [-0.2, 0) is 14.8 Å². The number of sulfonamides is 1. The van der Waals surface area contributed by atoms with Gasteiger partial charge in [-0.1, -0.05) is 6.07 Å². The van der Waals surface area contributed by atoms with Crippen molar-refractivity contribution in [3.63, 3.8) is 0 Å². The molecule has 3 rings (SSSR count). The van der Waals surface area contributed by atoms with E-state index in [1.54, 1.807) is 17.1 Å². The number of aryl methyl sites for hydroxylation is 1. The number of carbonyl (C=O) groups excluding carboxylic acids is 1. The van der Waals surface area contributed by atoms with Crippen LogP contribution in [0.1, 0.15) is 38.3 Å². The van der Waals surface area contributed by atoms with Crippen LogP contribution in [0.25, 0.3) is 0 Å². The van der Waals surface area contributed by atoms with E-state index in [4.69, 9.17) is 0 Å². The maximum atomic E-state index is 12.9. The molecule has 9 heteroatoms. The Morgan fingerprint density at radius 1 is 1.23 bits per heavy atom. The molecule has 1 saturated heterocycles. The Morgan fingerprint density at radius 3 is 2.47 bits per heavy atom. The molecule has 8 nitrogen and oxygen atoms in total. The number of aromatic nitrogens is 2. The fourth-order valence-corrected chi connectivity index (χ4v) is 5.03. The molecule has 30 heavy (non-hydrogen) atoms. The number of nitrogens with zero attached hydrogens (tertiary/aromatic N) is 4. The standard InChI is InChI=1S/C21H31N5O3S/c1-15(2)25-13-20(22-14-25)30(28,29)26-10-8-17(9-11-26)21(27)23-18-7-6-16(3)19(12-18)24(4)5/h6-7,12-15,17H,8-11H2,1-5H3,(H,23,27). The molecule has 0 aliphatic carbocycles. The molecule has 0 spiro atoms. The van der Waals surface area contributed by atoms with E-state index in [2.05, 4.69) is 10.3 Å². The third kappa shape index (κ3) is 4.67. The second-order valence-electron chi connectivity index (χ2n) is 8.32. The zero-order valence-corrected chi connectivity index (χ0v) is 19.1. The molecule has 164 valence electrons. The van der Waals surface area contributed by atoms with Gasteiger partial charge in [0.2, 0.25) is 5.91 Å². The number of rotatable bonds is 6. The topological polar surface area (TPSA) is 87.5 Å². The van der Waals surface area contributed by atoms with Gasteiger partial charge in [0, 0.05) is 56.7 Å². The lowest BCUT2D eigenvalue weighted by Gasteiger charge is -2.30. The molecular weight excluding hydrogens is 402 g/mol. The number of hydrogen-bond donors (Lipinski definition) is 1. The molecule has 0 saturated carbocycles. The van der Waals surface area contributed by atoms with Gasteiger partial charge in [0.25, 0.3) is 10.0 Å². The van der Waals surface area contributed by atoms with E-state index in [9.17, 15) is 13.2 Å². The molecule has 1 aromatic carbocycles. The van der Waals surface area contributed by atoms with Gasteiger partial charge in [-0.15, -0.1) is 0 Å². The monoisotopic (exact) mass is 433 g/mol. The number of amides is 1. The number of anilines is 2. The summed E-state index contributed by atoms with van der Waals surface area (Å²) in [5.41, 5.74) is 2.94. The number of carbonyl (C=O) groups is 1. The van der Waals surface area contributed by atoms with Gasteiger partial charge in [-0.25, -0.2) is 13.4 Å². The van der Waals surface area contributed by atoms with Crippen molar-refractivity contribution in [2.75, 3.05) is 37.4 Å². The second kappa shape index (κ2) is 8.77. The van der Waals surface area contributed by atoms with Gasteiger partial charge in [0.15, 0.2) is 5.03 Å². The van der Waals surface area contributed by atoms with Gasteiger partial charge in [-0.05, 0) is 51.3 Å². The molecule has 1 aromatic heterocycles. The average Bonchev–Trinajstić information content (AvgIpc) is 3.21. The summed E-state index contributed by atoms with van der Waals surface area (Å²) in [4.78, 5) is 18.8. The predicted octanol–water partition coefficient (Wildman–Crippen LogP) is 2.88. The quantitative estimate of drug-likeness (QED) is 0.757. The third-order valence-corrected chi connectivity index (χ3v) is 7.35. The highest BCUT2D eigenvalue weighted by Crippen LogP contribution is 2.26. The summed E-state index contributed by atoms with van der Waals surface area (Å²) in [7, 11) is 0.295. The van der Waals surface area contributed by atoms with Gasteiger partial charge in [0.05, 0.1) is 6.33 Å². The van der Waals surface area contributed by atoms with Crippen LogP contribution in [0.2, 0.25) is 0 Å². The number of piperidine rings is 1. The Morgan fingerprint density at radius 2 is 1.90 bits per heavy atom. The highest BCUT2D eigenvalue weighted by atomic mass is 32.2. The van der Waals surface area contributed by atoms with Crippen LogP contribution in [-0.4, -0.2) is 55.4 Å². The summed E-state index contributed by atoms with van der Waals surface area (Å²) < 4.78 is 28.9. The highest BCUT2D eigenvalue weighted by Gasteiger charge is 2.33. The molecule has 0 atom stereocenters. The van der Waals surface area contributed by atoms with Crippen LogP contribution in [0, 0.1) is 12.8 Å². The number of benzene rings is 1. The van der Waals surface area contributed by atoms with Gasteiger partial charge >= 0.3 is 0 Å². The highest BCUT2D eigenvalue weighted by molar-refractivity contribution is 7.89. The number of hydrogen-bond acceptors (Lipinski definition) is 5. The first-order valence-corrected chi connectivity index (χ1v) is 11.7. The molecule has 0 bridgehead atoms. The minimum atomic E-state index is -3.64. The fraction of sp³-hybridized carbons (Fsp3) is 0.524. The first kappa shape index (κ1) is 22.3. The minimum Gasteiger partial charge on any atom is -0.377 e. The summed E-state index contributed by atoms with van der Waals surface area (Å²) in [6, 6.07) is 5.98. The first-order chi connectivity index (χ1) is 14.1. The van der Waals surface area contributed by atoms with Crippen LogP contribution < -0.4 is 10.2 Å². The van der Waals surface area contributed by atoms with E-state index in [-0.39, 0.29) is 22.9 Å². The van der Waals surface area contributed by atoms with Crippen molar-refractivity contribution in [3.05, 3.63) is 36.3 Å². The Bertz CT molecular complexity index is 1010. The summed E-state index contributed by atoms with van der Waals surface area (Å²) >= 11 is 0. The average molecular weight is 434 g/mol. The van der Waals surface area contributed by atoms with Gasteiger partial charge < -0.3 is 14.8 Å². The predicted molar refractivity (Wildman–Crippen MR) is 118 cm³/mol.